The molecular formula is C17H16BrFN2O2. The number of hydrogen-bond acceptors (Lipinski definition) is 2. The van der Waals surface area contributed by atoms with Crippen LogP contribution in [0.4, 0.5) is 10.1 Å². The zero-order chi connectivity index (χ0) is 17.0. The second kappa shape index (κ2) is 7.37. The van der Waals surface area contributed by atoms with Gasteiger partial charge in [-0.2, -0.15) is 0 Å². The summed E-state index contributed by atoms with van der Waals surface area (Å²) in [6.07, 6.45) is 0. The van der Waals surface area contributed by atoms with Gasteiger partial charge in [0.25, 0.3) is 5.91 Å². The molecule has 0 aliphatic heterocycles. The first kappa shape index (κ1) is 17.1. The molecule has 0 aliphatic rings. The van der Waals surface area contributed by atoms with Crippen LogP contribution in [0.15, 0.2) is 40.9 Å². The van der Waals surface area contributed by atoms with E-state index >= 15 is 0 Å². The summed E-state index contributed by atoms with van der Waals surface area (Å²) in [5, 5.41) is 5.19. The maximum absolute atomic E-state index is 13.4. The minimum atomic E-state index is -0.494. The average Bonchev–Trinajstić information content (AvgIpc) is 2.50. The molecule has 2 amide bonds. The fraction of sp³-hybridized carbons (Fsp3) is 0.176. The molecule has 2 N–H and O–H groups in total. The molecule has 0 radical (unpaired) electrons. The van der Waals surface area contributed by atoms with Gasteiger partial charge < -0.3 is 10.6 Å². The Kier molecular flexibility index (Phi) is 5.50. The molecule has 0 fully saturated rings. The second-order valence-corrected chi connectivity index (χ2v) is 6.07. The molecule has 120 valence electrons. The van der Waals surface area contributed by atoms with Crippen molar-refractivity contribution in [3.05, 3.63) is 63.4 Å². The van der Waals surface area contributed by atoms with E-state index < -0.39 is 11.7 Å². The first-order valence-electron chi connectivity index (χ1n) is 6.97. The van der Waals surface area contributed by atoms with Crippen LogP contribution in [0, 0.1) is 19.7 Å². The van der Waals surface area contributed by atoms with Crippen molar-refractivity contribution >= 4 is 33.4 Å². The van der Waals surface area contributed by atoms with Crippen LogP contribution in [-0.4, -0.2) is 18.4 Å². The van der Waals surface area contributed by atoms with Crippen LogP contribution in [0.2, 0.25) is 0 Å². The topological polar surface area (TPSA) is 58.2 Å². The van der Waals surface area contributed by atoms with Crippen molar-refractivity contribution in [1.29, 1.82) is 0 Å². The zero-order valence-electron chi connectivity index (χ0n) is 12.7. The number of anilines is 1. The highest BCUT2D eigenvalue weighted by molar-refractivity contribution is 9.10. The minimum Gasteiger partial charge on any atom is -0.343 e. The molecule has 6 heteroatoms. The largest absolute Gasteiger partial charge is 0.343 e. The summed E-state index contributed by atoms with van der Waals surface area (Å²) in [5.74, 6) is -1.30. The summed E-state index contributed by atoms with van der Waals surface area (Å²) in [4.78, 5) is 23.8. The summed E-state index contributed by atoms with van der Waals surface area (Å²) in [6, 6.07) is 9.66. The lowest BCUT2D eigenvalue weighted by molar-refractivity contribution is -0.115. The van der Waals surface area contributed by atoms with E-state index in [1.54, 1.807) is 13.0 Å². The van der Waals surface area contributed by atoms with Crippen LogP contribution in [-0.2, 0) is 4.79 Å². The molecular weight excluding hydrogens is 363 g/mol. The summed E-state index contributed by atoms with van der Waals surface area (Å²) in [7, 11) is 0. The van der Waals surface area contributed by atoms with E-state index in [0.717, 1.165) is 16.1 Å². The number of carbonyl (C=O) groups is 2. The van der Waals surface area contributed by atoms with Crippen LogP contribution in [0.1, 0.15) is 21.5 Å². The number of nitrogens with one attached hydrogen (secondary N) is 2. The summed E-state index contributed by atoms with van der Waals surface area (Å²) in [5.41, 5.74) is 2.22. The van der Waals surface area contributed by atoms with Gasteiger partial charge in [-0.05, 0) is 55.3 Å². The van der Waals surface area contributed by atoms with Crippen LogP contribution in [0.5, 0.6) is 0 Å². The number of carbonyl (C=O) groups excluding carboxylic acids is 2. The molecule has 0 saturated carbocycles. The number of aryl methyl sites for hydroxylation is 2. The highest BCUT2D eigenvalue weighted by atomic mass is 79.9. The Balaban J connectivity index is 1.93. The Bertz CT molecular complexity index is 762. The monoisotopic (exact) mass is 378 g/mol. The third-order valence-corrected chi connectivity index (χ3v) is 3.80. The summed E-state index contributed by atoms with van der Waals surface area (Å²) >= 11 is 3.35. The van der Waals surface area contributed by atoms with Crippen molar-refractivity contribution in [3.8, 4) is 0 Å². The van der Waals surface area contributed by atoms with E-state index in [1.807, 2.05) is 19.1 Å². The first-order chi connectivity index (χ1) is 10.9. The second-order valence-electron chi connectivity index (χ2n) is 5.15. The number of amides is 2. The van der Waals surface area contributed by atoms with Gasteiger partial charge in [0.1, 0.15) is 5.82 Å². The third kappa shape index (κ3) is 4.63. The van der Waals surface area contributed by atoms with Crippen LogP contribution in [0.3, 0.4) is 0 Å². The highest BCUT2D eigenvalue weighted by Crippen LogP contribution is 2.19. The van der Waals surface area contributed by atoms with Gasteiger partial charge in [-0.15, -0.1) is 0 Å². The Hall–Kier alpha value is -2.21. The summed E-state index contributed by atoms with van der Waals surface area (Å²) < 4.78 is 14.4. The van der Waals surface area contributed by atoms with Gasteiger partial charge in [-0.1, -0.05) is 22.0 Å². The van der Waals surface area contributed by atoms with Crippen molar-refractivity contribution in [2.75, 3.05) is 11.9 Å². The van der Waals surface area contributed by atoms with E-state index in [1.165, 1.54) is 12.1 Å². The van der Waals surface area contributed by atoms with E-state index in [2.05, 4.69) is 26.6 Å². The van der Waals surface area contributed by atoms with Gasteiger partial charge in [0.15, 0.2) is 0 Å². The minimum absolute atomic E-state index is 0.181. The quantitative estimate of drug-likeness (QED) is 0.854. The molecule has 0 aromatic heterocycles. The molecule has 0 heterocycles. The third-order valence-electron chi connectivity index (χ3n) is 3.31. The molecule has 0 spiro atoms. The van der Waals surface area contributed by atoms with E-state index in [-0.39, 0.29) is 18.0 Å². The van der Waals surface area contributed by atoms with Gasteiger partial charge in [-0.25, -0.2) is 4.39 Å². The van der Waals surface area contributed by atoms with Crippen LogP contribution >= 0.6 is 15.9 Å². The number of halogens is 2. The molecule has 0 bridgehead atoms. The highest BCUT2D eigenvalue weighted by Gasteiger charge is 2.10. The molecule has 2 aromatic rings. The van der Waals surface area contributed by atoms with E-state index in [9.17, 15) is 14.0 Å². The molecule has 2 rings (SSSR count). The fourth-order valence-electron chi connectivity index (χ4n) is 1.96. The SMILES string of the molecule is Cc1ccc(C(=O)NCC(=O)Nc2ccc(Br)cc2C)cc1F. The molecule has 0 saturated heterocycles. The number of hydrogen-bond donors (Lipinski definition) is 2. The van der Waals surface area contributed by atoms with Crippen molar-refractivity contribution in [3.63, 3.8) is 0 Å². The fourth-order valence-corrected chi connectivity index (χ4v) is 2.43. The number of rotatable bonds is 4. The van der Waals surface area contributed by atoms with Gasteiger partial charge in [0, 0.05) is 15.7 Å². The predicted molar refractivity (Wildman–Crippen MR) is 91.0 cm³/mol. The lowest BCUT2D eigenvalue weighted by atomic mass is 10.1. The van der Waals surface area contributed by atoms with Crippen LogP contribution < -0.4 is 10.6 Å². The molecule has 0 atom stereocenters. The average molecular weight is 379 g/mol. The normalized spacial score (nSPS) is 10.3. The standard InChI is InChI=1S/C17H16BrFN2O2/c1-10-3-4-12(8-14(10)19)17(23)20-9-16(22)21-15-6-5-13(18)7-11(15)2/h3-8H,9H2,1-2H3,(H,20,23)(H,21,22). The Morgan fingerprint density at radius 3 is 2.48 bits per heavy atom. The zero-order valence-corrected chi connectivity index (χ0v) is 14.3. The number of benzene rings is 2. The van der Waals surface area contributed by atoms with Gasteiger partial charge in [0.05, 0.1) is 6.54 Å². The molecule has 0 unspecified atom stereocenters. The van der Waals surface area contributed by atoms with Gasteiger partial charge in [-0.3, -0.25) is 9.59 Å². The lowest BCUT2D eigenvalue weighted by Gasteiger charge is -2.10. The molecule has 0 aliphatic carbocycles. The summed E-state index contributed by atoms with van der Waals surface area (Å²) in [6.45, 7) is 3.29. The smallest absolute Gasteiger partial charge is 0.251 e. The van der Waals surface area contributed by atoms with Crippen molar-refractivity contribution in [2.24, 2.45) is 0 Å². The van der Waals surface area contributed by atoms with Gasteiger partial charge in [0.2, 0.25) is 5.91 Å². The van der Waals surface area contributed by atoms with E-state index in [4.69, 9.17) is 0 Å². The van der Waals surface area contributed by atoms with Crippen LogP contribution in [0.25, 0.3) is 0 Å². The molecule has 4 nitrogen and oxygen atoms in total. The predicted octanol–water partition coefficient (Wildman–Crippen LogP) is 3.57. The van der Waals surface area contributed by atoms with Crippen molar-refractivity contribution in [1.82, 2.24) is 5.32 Å². The maximum atomic E-state index is 13.4. The Morgan fingerprint density at radius 1 is 1.09 bits per heavy atom. The van der Waals surface area contributed by atoms with Crippen molar-refractivity contribution < 1.29 is 14.0 Å². The van der Waals surface area contributed by atoms with Gasteiger partial charge >= 0.3 is 0 Å². The molecule has 2 aromatic carbocycles. The Morgan fingerprint density at radius 2 is 1.83 bits per heavy atom. The Labute approximate surface area is 142 Å². The van der Waals surface area contributed by atoms with Crippen molar-refractivity contribution in [2.45, 2.75) is 13.8 Å². The first-order valence-corrected chi connectivity index (χ1v) is 7.76. The maximum Gasteiger partial charge on any atom is 0.251 e. The van der Waals surface area contributed by atoms with E-state index in [0.29, 0.717) is 11.3 Å². The molecule has 23 heavy (non-hydrogen) atoms. The lowest BCUT2D eigenvalue weighted by Crippen LogP contribution is -2.33.